The Morgan fingerprint density at radius 1 is 0.595 bits per heavy atom. The SMILES string of the molecule is O=C(O)c1ccc(OC(=O)N(Cc2ccccc2)Cc2ccc(Oc3ccccc3)cc2)cc1C(=O)O. The van der Waals surface area contributed by atoms with Crippen LogP contribution in [0.4, 0.5) is 4.79 Å². The Morgan fingerprint density at radius 2 is 1.11 bits per heavy atom. The number of nitrogens with zero attached hydrogens (tertiary/aromatic N) is 1. The highest BCUT2D eigenvalue weighted by Gasteiger charge is 2.21. The predicted octanol–water partition coefficient (Wildman–Crippen LogP) is 6.08. The lowest BCUT2D eigenvalue weighted by Gasteiger charge is -2.22. The number of hydrogen-bond acceptors (Lipinski definition) is 5. The van der Waals surface area contributed by atoms with Crippen LogP contribution in [0.1, 0.15) is 31.8 Å². The van der Waals surface area contributed by atoms with Gasteiger partial charge in [0.2, 0.25) is 0 Å². The molecule has 0 atom stereocenters. The summed E-state index contributed by atoms with van der Waals surface area (Å²) >= 11 is 0. The number of amides is 1. The Morgan fingerprint density at radius 3 is 1.70 bits per heavy atom. The zero-order chi connectivity index (χ0) is 26.2. The average molecular weight is 498 g/mol. The molecule has 0 aromatic heterocycles. The standard InChI is InChI=1S/C29H23NO7/c31-27(32)25-16-15-24(17-26(25)28(33)34)37-29(35)30(18-20-7-3-1-4-8-20)19-21-11-13-23(14-12-21)36-22-9-5-2-6-10-22/h1-17H,18-19H2,(H,31,32)(H,33,34). The van der Waals surface area contributed by atoms with E-state index in [-0.39, 0.29) is 18.8 Å². The molecule has 0 bridgehead atoms. The molecule has 4 aromatic carbocycles. The van der Waals surface area contributed by atoms with Gasteiger partial charge in [-0.3, -0.25) is 4.90 Å². The number of carboxylic acids is 2. The van der Waals surface area contributed by atoms with Crippen LogP contribution in [0.5, 0.6) is 17.2 Å². The predicted molar refractivity (Wildman–Crippen MR) is 135 cm³/mol. The zero-order valence-electron chi connectivity index (χ0n) is 19.6. The molecule has 4 aromatic rings. The first kappa shape index (κ1) is 25.0. The monoisotopic (exact) mass is 497 g/mol. The molecule has 0 aliphatic heterocycles. The molecule has 0 heterocycles. The minimum atomic E-state index is -1.44. The van der Waals surface area contributed by atoms with Crippen molar-refractivity contribution in [3.05, 3.63) is 125 Å². The molecule has 0 saturated heterocycles. The van der Waals surface area contributed by atoms with Gasteiger partial charge in [-0.15, -0.1) is 0 Å². The summed E-state index contributed by atoms with van der Waals surface area (Å²) in [5.41, 5.74) is 0.823. The van der Waals surface area contributed by atoms with Crippen molar-refractivity contribution in [3.8, 4) is 17.2 Å². The number of carbonyl (C=O) groups excluding carboxylic acids is 1. The topological polar surface area (TPSA) is 113 Å². The quantitative estimate of drug-likeness (QED) is 0.288. The van der Waals surface area contributed by atoms with Gasteiger partial charge in [0.25, 0.3) is 0 Å². The van der Waals surface area contributed by atoms with Crippen LogP contribution in [0.15, 0.2) is 103 Å². The number of hydrogen-bond donors (Lipinski definition) is 2. The third-order valence-corrected chi connectivity index (χ3v) is 5.41. The lowest BCUT2D eigenvalue weighted by atomic mass is 10.1. The summed E-state index contributed by atoms with van der Waals surface area (Å²) in [7, 11) is 0. The summed E-state index contributed by atoms with van der Waals surface area (Å²) in [5.74, 6) is -1.54. The third-order valence-electron chi connectivity index (χ3n) is 5.41. The van der Waals surface area contributed by atoms with Gasteiger partial charge in [0, 0.05) is 13.1 Å². The van der Waals surface area contributed by atoms with Crippen molar-refractivity contribution in [1.29, 1.82) is 0 Å². The van der Waals surface area contributed by atoms with Gasteiger partial charge in [0.15, 0.2) is 0 Å². The van der Waals surface area contributed by atoms with Gasteiger partial charge in [-0.1, -0.05) is 60.7 Å². The van der Waals surface area contributed by atoms with Crippen LogP contribution in [-0.4, -0.2) is 33.1 Å². The molecule has 0 fully saturated rings. The molecule has 1 amide bonds. The fraction of sp³-hybridized carbons (Fsp3) is 0.0690. The highest BCUT2D eigenvalue weighted by Crippen LogP contribution is 2.23. The molecule has 37 heavy (non-hydrogen) atoms. The van der Waals surface area contributed by atoms with Gasteiger partial charge >= 0.3 is 18.0 Å². The van der Waals surface area contributed by atoms with E-state index in [1.165, 1.54) is 11.0 Å². The first-order valence-electron chi connectivity index (χ1n) is 11.3. The summed E-state index contributed by atoms with van der Waals surface area (Å²) in [6, 6.07) is 29.4. The van der Waals surface area contributed by atoms with Crippen molar-refractivity contribution < 1.29 is 34.1 Å². The zero-order valence-corrected chi connectivity index (χ0v) is 19.6. The summed E-state index contributed by atoms with van der Waals surface area (Å²) in [6.07, 6.45) is -0.715. The molecule has 0 radical (unpaired) electrons. The van der Waals surface area contributed by atoms with E-state index < -0.39 is 29.2 Å². The smallest absolute Gasteiger partial charge is 0.415 e. The number of carbonyl (C=O) groups is 3. The Kier molecular flexibility index (Phi) is 7.80. The Labute approximate surface area is 212 Å². The van der Waals surface area contributed by atoms with E-state index in [0.717, 1.165) is 23.3 Å². The lowest BCUT2D eigenvalue weighted by Crippen LogP contribution is -2.32. The third kappa shape index (κ3) is 6.73. The maximum Gasteiger partial charge on any atom is 0.415 e. The van der Waals surface area contributed by atoms with E-state index in [4.69, 9.17) is 9.47 Å². The summed E-state index contributed by atoms with van der Waals surface area (Å²) in [4.78, 5) is 37.4. The van der Waals surface area contributed by atoms with Gasteiger partial charge in [0.1, 0.15) is 17.2 Å². The largest absolute Gasteiger partial charge is 0.478 e. The molecule has 0 spiro atoms. The van der Waals surface area contributed by atoms with E-state index in [0.29, 0.717) is 11.5 Å². The molecule has 8 nitrogen and oxygen atoms in total. The van der Waals surface area contributed by atoms with Crippen LogP contribution in [0.2, 0.25) is 0 Å². The first-order chi connectivity index (χ1) is 17.9. The van der Waals surface area contributed by atoms with E-state index in [1.807, 2.05) is 72.8 Å². The second-order valence-electron chi connectivity index (χ2n) is 8.09. The number of benzene rings is 4. The number of carboxylic acid groups (broad SMARTS) is 2. The maximum absolute atomic E-state index is 13.1. The molecule has 2 N–H and O–H groups in total. The highest BCUT2D eigenvalue weighted by molar-refractivity contribution is 6.02. The van der Waals surface area contributed by atoms with Crippen LogP contribution < -0.4 is 9.47 Å². The number of rotatable bonds is 9. The Balaban J connectivity index is 1.53. The molecule has 0 saturated carbocycles. The summed E-state index contributed by atoms with van der Waals surface area (Å²) in [6.45, 7) is 0.444. The second kappa shape index (κ2) is 11.5. The van der Waals surface area contributed by atoms with E-state index in [1.54, 1.807) is 12.1 Å². The van der Waals surface area contributed by atoms with Gasteiger partial charge in [0.05, 0.1) is 11.1 Å². The van der Waals surface area contributed by atoms with Crippen LogP contribution in [0, 0.1) is 0 Å². The van der Waals surface area contributed by atoms with Crippen LogP contribution in [0.25, 0.3) is 0 Å². The van der Waals surface area contributed by atoms with Crippen LogP contribution in [0.3, 0.4) is 0 Å². The van der Waals surface area contributed by atoms with Gasteiger partial charge < -0.3 is 19.7 Å². The molecular formula is C29H23NO7. The van der Waals surface area contributed by atoms with Crippen LogP contribution >= 0.6 is 0 Å². The van der Waals surface area contributed by atoms with E-state index in [9.17, 15) is 24.6 Å². The Hall–Kier alpha value is -5.11. The second-order valence-corrected chi connectivity index (χ2v) is 8.09. The molecule has 8 heteroatoms. The van der Waals surface area contributed by atoms with Crippen molar-refractivity contribution in [2.45, 2.75) is 13.1 Å². The Bertz CT molecular complexity index is 1390. The first-order valence-corrected chi connectivity index (χ1v) is 11.3. The van der Waals surface area contributed by atoms with Crippen LogP contribution in [-0.2, 0) is 13.1 Å². The lowest BCUT2D eigenvalue weighted by molar-refractivity contribution is 0.0651. The molecular weight excluding hydrogens is 474 g/mol. The van der Waals surface area contributed by atoms with Crippen molar-refractivity contribution in [3.63, 3.8) is 0 Å². The molecule has 0 unspecified atom stereocenters. The molecule has 186 valence electrons. The number of para-hydroxylation sites is 1. The number of aromatic carboxylic acids is 2. The molecule has 0 aliphatic carbocycles. The minimum absolute atomic E-state index is 0.0722. The maximum atomic E-state index is 13.1. The molecule has 0 aliphatic rings. The minimum Gasteiger partial charge on any atom is -0.478 e. The average Bonchev–Trinajstić information content (AvgIpc) is 2.90. The molecule has 4 rings (SSSR count). The van der Waals surface area contributed by atoms with Crippen molar-refractivity contribution >= 4 is 18.0 Å². The van der Waals surface area contributed by atoms with E-state index in [2.05, 4.69) is 0 Å². The van der Waals surface area contributed by atoms with Gasteiger partial charge in [-0.2, -0.15) is 0 Å². The van der Waals surface area contributed by atoms with E-state index >= 15 is 0 Å². The van der Waals surface area contributed by atoms with Gasteiger partial charge in [-0.05, 0) is 53.6 Å². The number of ether oxygens (including phenoxy) is 2. The summed E-state index contributed by atoms with van der Waals surface area (Å²) < 4.78 is 11.3. The summed E-state index contributed by atoms with van der Waals surface area (Å²) in [5, 5.41) is 18.6. The van der Waals surface area contributed by atoms with Crippen molar-refractivity contribution in [2.24, 2.45) is 0 Å². The fourth-order valence-electron chi connectivity index (χ4n) is 3.61. The van der Waals surface area contributed by atoms with Crippen molar-refractivity contribution in [2.75, 3.05) is 0 Å². The normalized spacial score (nSPS) is 10.4. The highest BCUT2D eigenvalue weighted by atomic mass is 16.6. The van der Waals surface area contributed by atoms with Crippen molar-refractivity contribution in [1.82, 2.24) is 4.90 Å². The van der Waals surface area contributed by atoms with Gasteiger partial charge in [-0.25, -0.2) is 14.4 Å². The fourth-order valence-corrected chi connectivity index (χ4v) is 3.61.